The van der Waals surface area contributed by atoms with Crippen LogP contribution in [0.2, 0.25) is 0 Å². The van der Waals surface area contributed by atoms with Crippen molar-refractivity contribution < 1.29 is 9.59 Å². The summed E-state index contributed by atoms with van der Waals surface area (Å²) in [5.74, 6) is 1.08. The fraction of sp³-hybridized carbons (Fsp3) is 0.667. The van der Waals surface area contributed by atoms with E-state index >= 15 is 0 Å². The van der Waals surface area contributed by atoms with Crippen molar-refractivity contribution in [2.24, 2.45) is 5.92 Å². The molecule has 3 heterocycles. The Balaban J connectivity index is 1.48. The highest BCUT2D eigenvalue weighted by atomic mass is 16.2. The van der Waals surface area contributed by atoms with E-state index in [2.05, 4.69) is 20.5 Å². The molecule has 3 amide bonds. The Morgan fingerprint density at radius 3 is 2.54 bits per heavy atom. The largest absolute Gasteiger partial charge is 0.356 e. The number of likely N-dealkylation sites (tertiary alicyclic amines) is 1. The van der Waals surface area contributed by atoms with E-state index in [1.54, 1.807) is 0 Å². The maximum atomic E-state index is 12.6. The van der Waals surface area contributed by atoms with Crippen molar-refractivity contribution in [2.45, 2.75) is 58.5 Å². The summed E-state index contributed by atoms with van der Waals surface area (Å²) in [6, 6.07) is 4.10. The van der Waals surface area contributed by atoms with E-state index in [-0.39, 0.29) is 23.9 Å². The minimum absolute atomic E-state index is 0.00471. The Hall–Kier alpha value is -2.31. The highest BCUT2D eigenvalue weighted by Gasteiger charge is 2.24. The smallest absolute Gasteiger partial charge is 0.317 e. The summed E-state index contributed by atoms with van der Waals surface area (Å²) >= 11 is 0. The maximum absolute atomic E-state index is 12.6. The maximum Gasteiger partial charge on any atom is 0.317 e. The number of pyridine rings is 1. The topological polar surface area (TPSA) is 77.6 Å². The van der Waals surface area contributed by atoms with E-state index in [4.69, 9.17) is 0 Å². The van der Waals surface area contributed by atoms with Gasteiger partial charge >= 0.3 is 6.03 Å². The van der Waals surface area contributed by atoms with Crippen LogP contribution in [-0.2, 0) is 11.3 Å². The second-order valence-corrected chi connectivity index (χ2v) is 8.12. The molecule has 0 unspecified atom stereocenters. The van der Waals surface area contributed by atoms with Crippen LogP contribution in [0.25, 0.3) is 0 Å². The zero-order chi connectivity index (χ0) is 19.9. The molecule has 7 nitrogen and oxygen atoms in total. The van der Waals surface area contributed by atoms with Gasteiger partial charge in [-0.1, -0.05) is 19.9 Å². The van der Waals surface area contributed by atoms with Crippen molar-refractivity contribution in [3.8, 4) is 0 Å². The third-order valence-corrected chi connectivity index (χ3v) is 5.61. The predicted molar refractivity (Wildman–Crippen MR) is 110 cm³/mol. The zero-order valence-electron chi connectivity index (χ0n) is 17.1. The summed E-state index contributed by atoms with van der Waals surface area (Å²) in [7, 11) is 0. The molecule has 0 bridgehead atoms. The average molecular weight is 388 g/mol. The Labute approximate surface area is 167 Å². The fourth-order valence-electron chi connectivity index (χ4n) is 3.84. The van der Waals surface area contributed by atoms with Crippen LogP contribution < -0.4 is 15.5 Å². The monoisotopic (exact) mass is 387 g/mol. The Morgan fingerprint density at radius 1 is 1.14 bits per heavy atom. The van der Waals surface area contributed by atoms with Gasteiger partial charge < -0.3 is 20.4 Å². The van der Waals surface area contributed by atoms with Crippen molar-refractivity contribution in [2.75, 3.05) is 31.1 Å². The first-order valence-corrected chi connectivity index (χ1v) is 10.6. The number of rotatable bonds is 5. The molecule has 2 aliphatic rings. The number of carbonyl (C=O) groups excluding carboxylic acids is 2. The van der Waals surface area contributed by atoms with E-state index in [9.17, 15) is 9.59 Å². The van der Waals surface area contributed by atoms with E-state index < -0.39 is 0 Å². The summed E-state index contributed by atoms with van der Waals surface area (Å²) in [5, 5.41) is 6.12. The van der Waals surface area contributed by atoms with Crippen LogP contribution in [-0.4, -0.2) is 54.0 Å². The number of aromatic nitrogens is 1. The van der Waals surface area contributed by atoms with Crippen molar-refractivity contribution in [1.29, 1.82) is 0 Å². The van der Waals surface area contributed by atoms with Gasteiger partial charge in [-0.15, -0.1) is 0 Å². The van der Waals surface area contributed by atoms with Gasteiger partial charge in [-0.2, -0.15) is 0 Å². The summed E-state index contributed by atoms with van der Waals surface area (Å²) in [6.45, 7) is 7.69. The lowest BCUT2D eigenvalue weighted by Gasteiger charge is -2.33. The molecule has 2 fully saturated rings. The van der Waals surface area contributed by atoms with E-state index in [0.717, 1.165) is 37.3 Å². The molecule has 3 rings (SSSR count). The van der Waals surface area contributed by atoms with Crippen LogP contribution >= 0.6 is 0 Å². The molecule has 154 valence electrons. The van der Waals surface area contributed by atoms with Gasteiger partial charge in [-0.25, -0.2) is 9.78 Å². The van der Waals surface area contributed by atoms with Crippen LogP contribution in [0.5, 0.6) is 0 Å². The minimum atomic E-state index is -0.0397. The molecule has 7 heteroatoms. The molecular weight excluding hydrogens is 354 g/mol. The number of nitrogens with one attached hydrogen (secondary N) is 2. The molecule has 28 heavy (non-hydrogen) atoms. The van der Waals surface area contributed by atoms with Gasteiger partial charge in [0.25, 0.3) is 0 Å². The van der Waals surface area contributed by atoms with Gasteiger partial charge in [0.1, 0.15) is 5.82 Å². The molecule has 0 saturated carbocycles. The number of amides is 3. The van der Waals surface area contributed by atoms with Gasteiger partial charge in [0, 0.05) is 56.4 Å². The first-order chi connectivity index (χ1) is 13.5. The van der Waals surface area contributed by atoms with Crippen LogP contribution in [0.15, 0.2) is 18.3 Å². The summed E-state index contributed by atoms with van der Waals surface area (Å²) in [4.78, 5) is 33.2. The van der Waals surface area contributed by atoms with Gasteiger partial charge in [-0.3, -0.25) is 4.79 Å². The highest BCUT2D eigenvalue weighted by Crippen LogP contribution is 2.21. The third-order valence-electron chi connectivity index (χ3n) is 5.61. The number of hydrogen-bond donors (Lipinski definition) is 2. The molecule has 2 aliphatic heterocycles. The van der Waals surface area contributed by atoms with E-state index in [1.807, 2.05) is 37.1 Å². The molecule has 2 saturated heterocycles. The van der Waals surface area contributed by atoms with Crippen molar-refractivity contribution in [3.63, 3.8) is 0 Å². The van der Waals surface area contributed by atoms with Gasteiger partial charge in [0.05, 0.1) is 0 Å². The molecule has 0 aliphatic carbocycles. The first kappa shape index (κ1) is 20.4. The molecule has 0 spiro atoms. The molecule has 1 aromatic heterocycles. The van der Waals surface area contributed by atoms with Gasteiger partial charge in [-0.05, 0) is 38.2 Å². The van der Waals surface area contributed by atoms with Gasteiger partial charge in [0.2, 0.25) is 5.91 Å². The molecule has 0 atom stereocenters. The Kier molecular flexibility index (Phi) is 7.12. The number of urea groups is 1. The van der Waals surface area contributed by atoms with Crippen molar-refractivity contribution in [1.82, 2.24) is 20.5 Å². The minimum Gasteiger partial charge on any atom is -0.356 e. The lowest BCUT2D eigenvalue weighted by atomic mass is 10.0. The number of nitrogens with zero attached hydrogens (tertiary/aromatic N) is 3. The number of anilines is 1. The number of hydrogen-bond acceptors (Lipinski definition) is 4. The number of carbonyl (C=O) groups is 2. The SMILES string of the molecule is CC(C)C(=O)NC1CCN(C(=O)NCc2cccnc2N2CCCCC2)CC1. The third kappa shape index (κ3) is 5.36. The normalized spacial score (nSPS) is 18.2. The van der Waals surface area contributed by atoms with Crippen LogP contribution in [0.3, 0.4) is 0 Å². The van der Waals surface area contributed by atoms with Crippen LogP contribution in [0.4, 0.5) is 10.6 Å². The Bertz CT molecular complexity index is 665. The summed E-state index contributed by atoms with van der Waals surface area (Å²) < 4.78 is 0. The molecule has 1 aromatic rings. The first-order valence-electron chi connectivity index (χ1n) is 10.6. The van der Waals surface area contributed by atoms with E-state index in [1.165, 1.54) is 19.3 Å². The van der Waals surface area contributed by atoms with E-state index in [0.29, 0.717) is 19.6 Å². The summed E-state index contributed by atoms with van der Waals surface area (Å²) in [5.41, 5.74) is 1.07. The lowest BCUT2D eigenvalue weighted by molar-refractivity contribution is -0.124. The second-order valence-electron chi connectivity index (χ2n) is 8.12. The van der Waals surface area contributed by atoms with Crippen molar-refractivity contribution in [3.05, 3.63) is 23.9 Å². The lowest BCUT2D eigenvalue weighted by Crippen LogP contribution is -2.49. The standard InChI is InChI=1S/C21H33N5O2/c1-16(2)20(27)24-18-8-13-26(14-9-18)21(28)23-15-17-7-6-10-22-19(17)25-11-4-3-5-12-25/h6-7,10,16,18H,3-5,8-9,11-15H2,1-2H3,(H,23,28)(H,24,27). The van der Waals surface area contributed by atoms with Crippen molar-refractivity contribution >= 4 is 17.8 Å². The highest BCUT2D eigenvalue weighted by molar-refractivity contribution is 5.78. The summed E-state index contributed by atoms with van der Waals surface area (Å²) in [6.07, 6.45) is 7.11. The van der Waals surface area contributed by atoms with Gasteiger partial charge in [0.15, 0.2) is 0 Å². The second kappa shape index (κ2) is 9.75. The molecule has 2 N–H and O–H groups in total. The fourth-order valence-corrected chi connectivity index (χ4v) is 3.84. The zero-order valence-corrected chi connectivity index (χ0v) is 17.1. The Morgan fingerprint density at radius 2 is 1.86 bits per heavy atom. The quantitative estimate of drug-likeness (QED) is 0.814. The molecule has 0 aromatic carbocycles. The molecular formula is C21H33N5O2. The molecule has 0 radical (unpaired) electrons. The number of piperidine rings is 2. The average Bonchev–Trinajstić information content (AvgIpc) is 2.73. The predicted octanol–water partition coefficient (Wildman–Crippen LogP) is 2.52. The van der Waals surface area contributed by atoms with Crippen LogP contribution in [0.1, 0.15) is 51.5 Å². The van der Waals surface area contributed by atoms with Crippen LogP contribution in [0, 0.1) is 5.92 Å².